The molecule has 7 heteroatoms. The lowest BCUT2D eigenvalue weighted by molar-refractivity contribution is -0.141. The third kappa shape index (κ3) is 9.34. The Morgan fingerprint density at radius 1 is 1.55 bits per heavy atom. The number of hydrogen-bond donors (Lipinski definition) is 2. The molecule has 0 fully saturated rings. The second-order valence-corrected chi connectivity index (χ2v) is 2.97. The van der Waals surface area contributed by atoms with Gasteiger partial charge in [-0.05, 0) is 0 Å². The van der Waals surface area contributed by atoms with Gasteiger partial charge in [-0.1, -0.05) is 6.92 Å². The molecule has 68 valence electrons. The Hall–Kier alpha value is -0.660. The zero-order valence-electron chi connectivity index (χ0n) is 6.11. The Kier molecular flexibility index (Phi) is 5.96. The topological polar surface area (TPSA) is 116 Å². The zero-order chi connectivity index (χ0) is 8.20. The zero-order valence-corrected chi connectivity index (χ0v) is 6.93. The number of rotatable bonds is 3. The van der Waals surface area contributed by atoms with Crippen molar-refractivity contribution in [2.24, 2.45) is 0 Å². The maximum Gasteiger partial charge on any atom is 0.306 e. The minimum atomic E-state index is -4.17. The van der Waals surface area contributed by atoms with Crippen molar-refractivity contribution >= 4 is 16.1 Å². The van der Waals surface area contributed by atoms with Crippen LogP contribution in [0.2, 0.25) is 0 Å². The van der Waals surface area contributed by atoms with E-state index in [1.54, 1.807) is 0 Å². The minimum absolute atomic E-state index is 0. The summed E-state index contributed by atoms with van der Waals surface area (Å²) in [6.07, 6.45) is 0.0928. The Balaban J connectivity index is 0. The molecule has 0 aromatic carbocycles. The lowest BCUT2D eigenvalue weighted by atomic mass is 10.5. The normalized spacial score (nSPS) is 10.0. The number of carbonyl (C=O) groups is 1. The molecule has 0 aromatic heterocycles. The molecule has 0 saturated carbocycles. The highest BCUT2D eigenvalue weighted by Crippen LogP contribution is 1.88. The van der Waals surface area contributed by atoms with Crippen LogP contribution in [0, 0.1) is 0 Å². The van der Waals surface area contributed by atoms with E-state index in [2.05, 4.69) is 4.74 Å². The molecule has 0 aliphatic heterocycles. The molecule has 4 N–H and O–H groups in total. The van der Waals surface area contributed by atoms with Crippen LogP contribution < -0.4 is 6.15 Å². The highest BCUT2D eigenvalue weighted by atomic mass is 32.2. The molecular formula is C4H11NO5S. The van der Waals surface area contributed by atoms with E-state index < -0.39 is 22.0 Å². The van der Waals surface area contributed by atoms with Crippen molar-refractivity contribution in [1.82, 2.24) is 6.15 Å². The number of esters is 1. The molecule has 0 radical (unpaired) electrons. The first-order valence-corrected chi connectivity index (χ1v) is 4.17. The van der Waals surface area contributed by atoms with Crippen LogP contribution in [0.25, 0.3) is 0 Å². The molecule has 0 bridgehead atoms. The largest absolute Gasteiger partial charge is 0.447 e. The summed E-state index contributed by atoms with van der Waals surface area (Å²) in [6, 6.07) is 0. The number of hydrogen-bond acceptors (Lipinski definition) is 5. The van der Waals surface area contributed by atoms with E-state index in [9.17, 15) is 13.2 Å². The molecule has 0 saturated heterocycles. The standard InChI is InChI=1S/C4H8O5S.H3N/c1-2-4(5)9-3-10(6,7)8;/h2-3H2,1H3,(H,6,7,8);1H3. The molecule has 0 aliphatic carbocycles. The number of carbonyl (C=O) groups excluding carboxylic acids is 1. The summed E-state index contributed by atoms with van der Waals surface area (Å²) < 4.78 is 32.0. The Morgan fingerprint density at radius 3 is 2.27 bits per heavy atom. The first-order valence-electron chi connectivity index (χ1n) is 2.56. The van der Waals surface area contributed by atoms with Gasteiger partial charge in [0.1, 0.15) is 0 Å². The molecule has 0 amide bonds. The quantitative estimate of drug-likeness (QED) is 0.470. The van der Waals surface area contributed by atoms with Gasteiger partial charge in [-0.15, -0.1) is 0 Å². The fourth-order valence-electron chi connectivity index (χ4n) is 0.242. The molecule has 0 heterocycles. The monoisotopic (exact) mass is 185 g/mol. The van der Waals surface area contributed by atoms with Crippen molar-refractivity contribution in [2.75, 3.05) is 5.94 Å². The van der Waals surface area contributed by atoms with Gasteiger partial charge in [0.25, 0.3) is 0 Å². The van der Waals surface area contributed by atoms with Crippen molar-refractivity contribution in [3.63, 3.8) is 0 Å². The minimum Gasteiger partial charge on any atom is -0.447 e. The summed E-state index contributed by atoms with van der Waals surface area (Å²) in [7, 11) is -4.17. The van der Waals surface area contributed by atoms with Crippen LogP contribution in [0.3, 0.4) is 0 Å². The summed E-state index contributed by atoms with van der Waals surface area (Å²) in [5.74, 6) is -1.61. The molecular weight excluding hydrogens is 174 g/mol. The van der Waals surface area contributed by atoms with Gasteiger partial charge in [-0.3, -0.25) is 9.35 Å². The van der Waals surface area contributed by atoms with Gasteiger partial charge in [0.15, 0.2) is 0 Å². The van der Waals surface area contributed by atoms with Gasteiger partial charge in [-0.2, -0.15) is 8.42 Å². The van der Waals surface area contributed by atoms with Crippen molar-refractivity contribution < 1.29 is 22.5 Å². The summed E-state index contributed by atoms with van der Waals surface area (Å²) in [6.45, 7) is 1.52. The fourth-order valence-corrected chi connectivity index (χ4v) is 0.523. The van der Waals surface area contributed by atoms with Crippen molar-refractivity contribution in [3.05, 3.63) is 0 Å². The van der Waals surface area contributed by atoms with E-state index in [0.717, 1.165) is 0 Å². The van der Waals surface area contributed by atoms with Gasteiger partial charge in [0.2, 0.25) is 5.94 Å². The highest BCUT2D eigenvalue weighted by Gasteiger charge is 2.07. The molecule has 0 atom stereocenters. The van der Waals surface area contributed by atoms with Crippen LogP contribution in [0.4, 0.5) is 0 Å². The van der Waals surface area contributed by atoms with E-state index in [1.165, 1.54) is 6.92 Å². The van der Waals surface area contributed by atoms with E-state index >= 15 is 0 Å². The molecule has 0 spiro atoms. The summed E-state index contributed by atoms with van der Waals surface area (Å²) in [5.41, 5.74) is 0. The van der Waals surface area contributed by atoms with Gasteiger partial charge < -0.3 is 10.9 Å². The van der Waals surface area contributed by atoms with E-state index in [0.29, 0.717) is 0 Å². The second kappa shape index (κ2) is 5.05. The first kappa shape index (κ1) is 13.0. The Morgan fingerprint density at radius 2 is 2.00 bits per heavy atom. The van der Waals surface area contributed by atoms with E-state index in [4.69, 9.17) is 4.55 Å². The second-order valence-electron chi connectivity index (χ2n) is 1.57. The van der Waals surface area contributed by atoms with Crippen LogP contribution in [0.15, 0.2) is 0 Å². The lowest BCUT2D eigenvalue weighted by Crippen LogP contribution is -2.12. The van der Waals surface area contributed by atoms with Crippen LogP contribution in [0.1, 0.15) is 13.3 Å². The molecule has 0 unspecified atom stereocenters. The first-order chi connectivity index (χ1) is 4.45. The third-order valence-corrected chi connectivity index (χ3v) is 1.07. The van der Waals surface area contributed by atoms with Crippen molar-refractivity contribution in [2.45, 2.75) is 13.3 Å². The van der Waals surface area contributed by atoms with Gasteiger partial charge in [0, 0.05) is 6.42 Å². The summed E-state index contributed by atoms with van der Waals surface area (Å²) in [5, 5.41) is 0. The molecule has 0 rings (SSSR count). The van der Waals surface area contributed by atoms with Gasteiger partial charge in [0.05, 0.1) is 0 Å². The summed E-state index contributed by atoms with van der Waals surface area (Å²) >= 11 is 0. The highest BCUT2D eigenvalue weighted by molar-refractivity contribution is 7.85. The average Bonchev–Trinajstić information content (AvgIpc) is 1.81. The predicted octanol–water partition coefficient (Wildman–Crippen LogP) is -0.0531. The molecule has 0 aliphatic rings. The predicted molar refractivity (Wildman–Crippen MR) is 37.8 cm³/mol. The van der Waals surface area contributed by atoms with Crippen LogP contribution >= 0.6 is 0 Å². The SMILES string of the molecule is CCC(=O)OCS(=O)(=O)O.N. The maximum atomic E-state index is 10.3. The summed E-state index contributed by atoms with van der Waals surface area (Å²) in [4.78, 5) is 10.3. The van der Waals surface area contributed by atoms with Crippen LogP contribution in [-0.4, -0.2) is 24.9 Å². The van der Waals surface area contributed by atoms with Crippen LogP contribution in [-0.2, 0) is 19.6 Å². The van der Waals surface area contributed by atoms with E-state index in [1.807, 2.05) is 0 Å². The third-order valence-electron chi connectivity index (χ3n) is 0.658. The molecule has 6 nitrogen and oxygen atoms in total. The Labute approximate surface area is 64.9 Å². The van der Waals surface area contributed by atoms with Gasteiger partial charge in [-0.25, -0.2) is 0 Å². The fraction of sp³-hybridized carbons (Fsp3) is 0.750. The Bertz CT molecular complexity index is 209. The maximum absolute atomic E-state index is 10.3. The van der Waals surface area contributed by atoms with Crippen LogP contribution in [0.5, 0.6) is 0 Å². The van der Waals surface area contributed by atoms with Crippen molar-refractivity contribution in [3.8, 4) is 0 Å². The van der Waals surface area contributed by atoms with Gasteiger partial charge >= 0.3 is 16.1 Å². The van der Waals surface area contributed by atoms with Crippen molar-refractivity contribution in [1.29, 1.82) is 0 Å². The number of ether oxygens (including phenoxy) is 1. The smallest absolute Gasteiger partial charge is 0.306 e. The average molecular weight is 185 g/mol. The molecule has 11 heavy (non-hydrogen) atoms. The van der Waals surface area contributed by atoms with E-state index in [-0.39, 0.29) is 12.6 Å². The molecule has 0 aromatic rings. The lowest BCUT2D eigenvalue weighted by Gasteiger charge is -1.97.